The first-order chi connectivity index (χ1) is 9.47. The number of halogens is 2. The van der Waals surface area contributed by atoms with Gasteiger partial charge in [0, 0.05) is 6.04 Å². The average molecular weight is 344 g/mol. The molecule has 2 rings (SSSR count). The Balaban J connectivity index is 2.08. The Morgan fingerprint density at radius 2 is 2.25 bits per heavy atom. The molecule has 7 heteroatoms. The van der Waals surface area contributed by atoms with Crippen molar-refractivity contribution < 1.29 is 14.0 Å². The number of carbonyl (C=O) groups is 2. The highest BCUT2D eigenvalue weighted by molar-refractivity contribution is 9.10. The van der Waals surface area contributed by atoms with Crippen LogP contribution in [0, 0.1) is 5.82 Å². The van der Waals surface area contributed by atoms with E-state index in [2.05, 4.69) is 15.9 Å². The summed E-state index contributed by atoms with van der Waals surface area (Å²) < 4.78 is 14.0. The van der Waals surface area contributed by atoms with Gasteiger partial charge in [-0.25, -0.2) is 9.18 Å². The molecule has 0 saturated carbocycles. The quantitative estimate of drug-likeness (QED) is 0.880. The maximum atomic E-state index is 13.6. The van der Waals surface area contributed by atoms with Gasteiger partial charge in [0.25, 0.3) is 0 Å². The summed E-state index contributed by atoms with van der Waals surface area (Å²) in [6, 6.07) is 4.09. The molecule has 0 aromatic heterocycles. The van der Waals surface area contributed by atoms with Crippen LogP contribution in [0.25, 0.3) is 0 Å². The lowest BCUT2D eigenvalue weighted by Gasteiger charge is -2.24. The van der Waals surface area contributed by atoms with E-state index in [0.29, 0.717) is 4.47 Å². The third kappa shape index (κ3) is 3.55. The second kappa shape index (κ2) is 6.32. The van der Waals surface area contributed by atoms with Crippen LogP contribution < -0.4 is 11.1 Å². The minimum atomic E-state index is -0.861. The predicted octanol–water partition coefficient (Wildman–Crippen LogP) is 1.92. The van der Waals surface area contributed by atoms with Crippen LogP contribution in [0.4, 0.5) is 9.18 Å². The second-order valence-electron chi connectivity index (χ2n) is 4.71. The zero-order chi connectivity index (χ0) is 14.7. The summed E-state index contributed by atoms with van der Waals surface area (Å²) in [6.45, 7) is 0.805. The molecule has 108 valence electrons. The van der Waals surface area contributed by atoms with Crippen LogP contribution in [0.15, 0.2) is 22.7 Å². The molecule has 1 atom stereocenters. The minimum Gasteiger partial charge on any atom is -0.351 e. The molecule has 5 nitrogen and oxygen atoms in total. The zero-order valence-electron chi connectivity index (χ0n) is 10.7. The van der Waals surface area contributed by atoms with E-state index in [9.17, 15) is 14.0 Å². The molecule has 1 aromatic carbocycles. The Labute approximate surface area is 124 Å². The van der Waals surface area contributed by atoms with E-state index in [1.807, 2.05) is 16.3 Å². The molecular weight excluding hydrogens is 329 g/mol. The van der Waals surface area contributed by atoms with Crippen molar-refractivity contribution in [3.63, 3.8) is 0 Å². The van der Waals surface area contributed by atoms with E-state index in [0.717, 1.165) is 24.9 Å². The van der Waals surface area contributed by atoms with E-state index >= 15 is 0 Å². The SMILES string of the molecule is NC(=O)NC(=O)CN1CCCC1c1ccc(Br)c(F)c1. The average Bonchev–Trinajstić information content (AvgIpc) is 2.79. The molecule has 3 amide bonds. The van der Waals surface area contributed by atoms with Gasteiger partial charge in [-0.1, -0.05) is 6.07 Å². The highest BCUT2D eigenvalue weighted by atomic mass is 79.9. The molecule has 1 aliphatic rings. The van der Waals surface area contributed by atoms with E-state index in [1.165, 1.54) is 6.07 Å². The molecule has 1 aromatic rings. The van der Waals surface area contributed by atoms with Crippen molar-refractivity contribution in [3.8, 4) is 0 Å². The molecule has 20 heavy (non-hydrogen) atoms. The molecule has 0 bridgehead atoms. The molecule has 0 spiro atoms. The Hall–Kier alpha value is -1.47. The lowest BCUT2D eigenvalue weighted by Crippen LogP contribution is -2.42. The number of hydrogen-bond donors (Lipinski definition) is 2. The van der Waals surface area contributed by atoms with Gasteiger partial charge in [0.1, 0.15) is 5.82 Å². The number of amides is 3. The third-order valence-electron chi connectivity index (χ3n) is 3.30. The van der Waals surface area contributed by atoms with Crippen molar-refractivity contribution in [1.29, 1.82) is 0 Å². The van der Waals surface area contributed by atoms with Gasteiger partial charge < -0.3 is 5.73 Å². The summed E-state index contributed by atoms with van der Waals surface area (Å²) in [6.07, 6.45) is 1.77. The van der Waals surface area contributed by atoms with Crippen LogP contribution in [0.3, 0.4) is 0 Å². The van der Waals surface area contributed by atoms with Crippen LogP contribution in [-0.4, -0.2) is 29.9 Å². The first-order valence-electron chi connectivity index (χ1n) is 6.25. The lowest BCUT2D eigenvalue weighted by atomic mass is 10.0. The molecule has 1 saturated heterocycles. The topological polar surface area (TPSA) is 75.4 Å². The van der Waals surface area contributed by atoms with Crippen LogP contribution >= 0.6 is 15.9 Å². The zero-order valence-corrected chi connectivity index (χ0v) is 12.3. The van der Waals surface area contributed by atoms with Gasteiger partial charge in [0.05, 0.1) is 11.0 Å². The summed E-state index contributed by atoms with van der Waals surface area (Å²) in [5, 5.41) is 2.04. The number of urea groups is 1. The molecule has 0 aliphatic carbocycles. The molecule has 3 N–H and O–H groups in total. The summed E-state index contributed by atoms with van der Waals surface area (Å²) in [4.78, 5) is 24.1. The van der Waals surface area contributed by atoms with Crippen LogP contribution in [-0.2, 0) is 4.79 Å². The number of nitrogens with zero attached hydrogens (tertiary/aromatic N) is 1. The van der Waals surface area contributed by atoms with Crippen molar-refractivity contribution >= 4 is 27.9 Å². The monoisotopic (exact) mass is 343 g/mol. The number of imide groups is 1. The van der Waals surface area contributed by atoms with Crippen molar-refractivity contribution in [3.05, 3.63) is 34.1 Å². The first kappa shape index (κ1) is 14.9. The highest BCUT2D eigenvalue weighted by Crippen LogP contribution is 2.32. The number of nitrogens with one attached hydrogen (secondary N) is 1. The Kier molecular flexibility index (Phi) is 4.72. The Bertz CT molecular complexity index is 538. The summed E-state index contributed by atoms with van der Waals surface area (Å²) in [5.41, 5.74) is 5.73. The molecule has 0 radical (unpaired) electrons. The van der Waals surface area contributed by atoms with Gasteiger partial charge in [0.2, 0.25) is 5.91 Å². The fourth-order valence-electron chi connectivity index (χ4n) is 2.47. The molecular formula is C13H15BrFN3O2. The van der Waals surface area contributed by atoms with E-state index in [-0.39, 0.29) is 18.4 Å². The Morgan fingerprint density at radius 1 is 1.50 bits per heavy atom. The molecule has 1 heterocycles. The normalized spacial score (nSPS) is 19.0. The Morgan fingerprint density at radius 3 is 2.90 bits per heavy atom. The fourth-order valence-corrected chi connectivity index (χ4v) is 2.72. The smallest absolute Gasteiger partial charge is 0.318 e. The number of rotatable bonds is 3. The van der Waals surface area contributed by atoms with E-state index < -0.39 is 11.9 Å². The number of primary amides is 1. The fraction of sp³-hybridized carbons (Fsp3) is 0.385. The molecule has 1 aliphatic heterocycles. The number of benzene rings is 1. The second-order valence-corrected chi connectivity index (χ2v) is 5.57. The summed E-state index contributed by atoms with van der Waals surface area (Å²) in [5.74, 6) is -0.766. The number of carbonyl (C=O) groups excluding carboxylic acids is 2. The van der Waals surface area contributed by atoms with Crippen LogP contribution in [0.5, 0.6) is 0 Å². The first-order valence-corrected chi connectivity index (χ1v) is 7.05. The maximum absolute atomic E-state index is 13.6. The van der Waals surface area contributed by atoms with Crippen LogP contribution in [0.1, 0.15) is 24.4 Å². The van der Waals surface area contributed by atoms with Crippen LogP contribution in [0.2, 0.25) is 0 Å². The number of nitrogens with two attached hydrogens (primary N) is 1. The number of hydrogen-bond acceptors (Lipinski definition) is 3. The molecule has 1 fully saturated rings. The highest BCUT2D eigenvalue weighted by Gasteiger charge is 2.28. The lowest BCUT2D eigenvalue weighted by molar-refractivity contribution is -0.121. The summed E-state index contributed by atoms with van der Waals surface area (Å²) >= 11 is 3.12. The van der Waals surface area contributed by atoms with Crippen molar-refractivity contribution in [2.75, 3.05) is 13.1 Å². The van der Waals surface area contributed by atoms with Gasteiger partial charge in [-0.2, -0.15) is 0 Å². The third-order valence-corrected chi connectivity index (χ3v) is 3.94. The summed E-state index contributed by atoms with van der Waals surface area (Å²) in [7, 11) is 0. The largest absolute Gasteiger partial charge is 0.351 e. The van der Waals surface area contributed by atoms with Gasteiger partial charge in [0.15, 0.2) is 0 Å². The van der Waals surface area contributed by atoms with Crippen molar-refractivity contribution in [2.45, 2.75) is 18.9 Å². The van der Waals surface area contributed by atoms with Crippen molar-refractivity contribution in [1.82, 2.24) is 10.2 Å². The van der Waals surface area contributed by atoms with Gasteiger partial charge >= 0.3 is 6.03 Å². The molecule has 1 unspecified atom stereocenters. The van der Waals surface area contributed by atoms with Gasteiger partial charge in [-0.3, -0.25) is 15.0 Å². The van der Waals surface area contributed by atoms with Gasteiger partial charge in [-0.05, 0) is 53.0 Å². The van der Waals surface area contributed by atoms with E-state index in [4.69, 9.17) is 5.73 Å². The maximum Gasteiger partial charge on any atom is 0.318 e. The van der Waals surface area contributed by atoms with Crippen molar-refractivity contribution in [2.24, 2.45) is 5.73 Å². The van der Waals surface area contributed by atoms with Gasteiger partial charge in [-0.15, -0.1) is 0 Å². The standard InChI is InChI=1S/C13H15BrFN3O2/c14-9-4-3-8(6-10(9)15)11-2-1-5-18(11)7-12(19)17-13(16)20/h3-4,6,11H,1-2,5,7H2,(H3,16,17,19,20). The number of likely N-dealkylation sites (tertiary alicyclic amines) is 1. The minimum absolute atomic E-state index is 0.0174. The predicted molar refractivity (Wildman–Crippen MR) is 75.4 cm³/mol. The van der Waals surface area contributed by atoms with E-state index in [1.54, 1.807) is 6.07 Å².